The minimum absolute atomic E-state index is 0.0852. The molecule has 0 spiro atoms. The number of nitrogens with zero attached hydrogens (tertiary/aromatic N) is 3. The molecular weight excluding hydrogens is 365 g/mol. The van der Waals surface area contributed by atoms with Crippen molar-refractivity contribution < 1.29 is 19.1 Å². The Balaban J connectivity index is 2.02. The number of aliphatic hydroxyl groups excluding tert-OH is 1. The molecule has 1 aliphatic heterocycles. The van der Waals surface area contributed by atoms with Crippen molar-refractivity contribution in [3.05, 3.63) is 64.2 Å². The number of ketones is 1. The van der Waals surface area contributed by atoms with Gasteiger partial charge >= 0.3 is 0 Å². The quantitative estimate of drug-likeness (QED) is 0.699. The Morgan fingerprint density at radius 2 is 1.96 bits per heavy atom. The molecule has 1 N–H and O–H groups in total. The van der Waals surface area contributed by atoms with Gasteiger partial charge < -0.3 is 5.11 Å². The lowest BCUT2D eigenvalue weighted by molar-refractivity contribution is -0.124. The van der Waals surface area contributed by atoms with Crippen LogP contribution in [0.2, 0.25) is 0 Å². The number of Topliss-reactive ketones (excluding diaryl/α,β-unsaturated/α-hetero) is 1. The number of aromatic nitrogens is 2. The zero-order valence-corrected chi connectivity index (χ0v) is 14.9. The Kier molecular flexibility index (Phi) is 4.27. The Morgan fingerprint density at radius 3 is 2.61 bits per heavy atom. The first kappa shape index (κ1) is 18.0. The van der Waals surface area contributed by atoms with Gasteiger partial charge in [0.25, 0.3) is 5.91 Å². The largest absolute Gasteiger partial charge is 0.383 e. The van der Waals surface area contributed by atoms with Crippen molar-refractivity contribution in [3.8, 4) is 5.69 Å². The molecular formula is C20H16FN3O4. The maximum atomic E-state index is 14.4. The van der Waals surface area contributed by atoms with E-state index in [1.165, 1.54) is 52.9 Å². The molecule has 3 aromatic rings. The number of aliphatic hydroxyl groups is 1. The zero-order chi connectivity index (χ0) is 20.0. The monoisotopic (exact) mass is 381 g/mol. The summed E-state index contributed by atoms with van der Waals surface area (Å²) in [5.74, 6) is -1.23. The average Bonchev–Trinajstić information content (AvgIpc) is 3.01. The summed E-state index contributed by atoms with van der Waals surface area (Å²) in [6, 6.07) is 8.86. The molecule has 0 radical (unpaired) electrons. The van der Waals surface area contributed by atoms with Crippen LogP contribution >= 0.6 is 0 Å². The number of anilines is 1. The number of halogens is 1. The van der Waals surface area contributed by atoms with Gasteiger partial charge in [-0.1, -0.05) is 12.1 Å². The Bertz CT molecular complexity index is 1190. The maximum Gasteiger partial charge on any atom is 0.257 e. The highest BCUT2D eigenvalue weighted by Gasteiger charge is 2.32. The van der Waals surface area contributed by atoms with Crippen molar-refractivity contribution >= 4 is 28.5 Å². The van der Waals surface area contributed by atoms with Crippen molar-refractivity contribution in [2.24, 2.45) is 0 Å². The summed E-state index contributed by atoms with van der Waals surface area (Å²) in [6.07, 6.45) is 0.455. The smallest absolute Gasteiger partial charge is 0.257 e. The minimum atomic E-state index is -1.09. The first-order valence-electron chi connectivity index (χ1n) is 8.70. The predicted molar refractivity (Wildman–Crippen MR) is 100 cm³/mol. The number of rotatable bonds is 3. The number of amides is 1. The molecule has 0 bridgehead atoms. The lowest BCUT2D eigenvalue weighted by atomic mass is 10.1. The van der Waals surface area contributed by atoms with Gasteiger partial charge in [-0.25, -0.2) is 9.37 Å². The van der Waals surface area contributed by atoms with E-state index in [4.69, 9.17) is 0 Å². The van der Waals surface area contributed by atoms with Crippen LogP contribution in [-0.4, -0.2) is 39.0 Å². The Hall–Kier alpha value is -3.39. The first-order chi connectivity index (χ1) is 13.4. The fourth-order valence-corrected chi connectivity index (χ4v) is 3.32. The zero-order valence-electron chi connectivity index (χ0n) is 14.9. The average molecular weight is 381 g/mol. The summed E-state index contributed by atoms with van der Waals surface area (Å²) < 4.78 is 15.8. The van der Waals surface area contributed by atoms with Gasteiger partial charge in [-0.15, -0.1) is 0 Å². The molecule has 1 unspecified atom stereocenters. The Labute approximate surface area is 158 Å². The van der Waals surface area contributed by atoms with Gasteiger partial charge in [0.2, 0.25) is 5.43 Å². The van der Waals surface area contributed by atoms with Crippen LogP contribution in [0.3, 0.4) is 0 Å². The molecule has 8 heteroatoms. The van der Waals surface area contributed by atoms with Crippen LogP contribution in [0.25, 0.3) is 16.7 Å². The molecule has 142 valence electrons. The number of benzene rings is 1. The number of fused-ring (bicyclic) bond motifs is 1. The molecule has 1 fully saturated rings. The van der Waals surface area contributed by atoms with E-state index >= 15 is 0 Å². The van der Waals surface area contributed by atoms with Crippen molar-refractivity contribution in [1.82, 2.24) is 9.55 Å². The van der Waals surface area contributed by atoms with E-state index < -0.39 is 29.0 Å². The highest BCUT2D eigenvalue weighted by atomic mass is 19.1. The van der Waals surface area contributed by atoms with Gasteiger partial charge in [-0.2, -0.15) is 0 Å². The van der Waals surface area contributed by atoms with E-state index in [0.29, 0.717) is 0 Å². The van der Waals surface area contributed by atoms with Crippen LogP contribution in [0.1, 0.15) is 23.7 Å². The second-order valence-electron chi connectivity index (χ2n) is 6.58. The SMILES string of the molecule is CC(=O)c1cn(-c2ccccc2F)c2nc(N3CCC(O)C3=O)ccc2c1=O. The third kappa shape index (κ3) is 2.78. The van der Waals surface area contributed by atoms with Crippen molar-refractivity contribution in [2.75, 3.05) is 11.4 Å². The molecule has 1 atom stereocenters. The van der Waals surface area contributed by atoms with Crippen molar-refractivity contribution in [2.45, 2.75) is 19.4 Å². The number of hydrogen-bond donors (Lipinski definition) is 1. The molecule has 1 aliphatic rings. The second kappa shape index (κ2) is 6.65. The van der Waals surface area contributed by atoms with Crippen LogP contribution in [-0.2, 0) is 4.79 Å². The standard InChI is InChI=1S/C20H16FN3O4/c1-11(25)13-10-24(15-5-3-2-4-14(15)21)19-12(18(13)27)6-7-17(22-19)23-9-8-16(26)20(23)28/h2-7,10,16,26H,8-9H2,1H3. The van der Waals surface area contributed by atoms with Gasteiger partial charge in [0.15, 0.2) is 11.4 Å². The molecule has 0 aliphatic carbocycles. The number of pyridine rings is 2. The number of para-hydroxylation sites is 1. The predicted octanol–water partition coefficient (Wildman–Crippen LogP) is 1.83. The third-order valence-electron chi connectivity index (χ3n) is 4.78. The maximum absolute atomic E-state index is 14.4. The molecule has 2 aromatic heterocycles. The van der Waals surface area contributed by atoms with Crippen LogP contribution < -0.4 is 10.3 Å². The topological polar surface area (TPSA) is 92.5 Å². The van der Waals surface area contributed by atoms with Gasteiger partial charge in [-0.05, 0) is 31.2 Å². The molecule has 7 nitrogen and oxygen atoms in total. The summed E-state index contributed by atoms with van der Waals surface area (Å²) in [5, 5.41) is 9.82. The van der Waals surface area contributed by atoms with Crippen molar-refractivity contribution in [3.63, 3.8) is 0 Å². The second-order valence-corrected chi connectivity index (χ2v) is 6.58. The van der Waals surface area contributed by atoms with E-state index in [2.05, 4.69) is 4.98 Å². The fourth-order valence-electron chi connectivity index (χ4n) is 3.32. The van der Waals surface area contributed by atoms with Crippen LogP contribution in [0.5, 0.6) is 0 Å². The molecule has 1 amide bonds. The first-order valence-corrected chi connectivity index (χ1v) is 8.70. The normalized spacial score (nSPS) is 16.8. The van der Waals surface area contributed by atoms with E-state index in [1.54, 1.807) is 6.07 Å². The third-order valence-corrected chi connectivity index (χ3v) is 4.78. The lowest BCUT2D eigenvalue weighted by Gasteiger charge is -2.17. The van der Waals surface area contributed by atoms with E-state index in [9.17, 15) is 23.9 Å². The van der Waals surface area contributed by atoms with Crippen LogP contribution in [0.4, 0.5) is 10.2 Å². The van der Waals surface area contributed by atoms with Gasteiger partial charge in [-0.3, -0.25) is 23.9 Å². The summed E-state index contributed by atoms with van der Waals surface area (Å²) in [5.41, 5.74) is -0.362. The Morgan fingerprint density at radius 1 is 1.21 bits per heavy atom. The molecule has 1 saturated heterocycles. The highest BCUT2D eigenvalue weighted by molar-refractivity contribution is 6.00. The van der Waals surface area contributed by atoms with Gasteiger partial charge in [0.05, 0.1) is 16.6 Å². The van der Waals surface area contributed by atoms with Crippen molar-refractivity contribution in [1.29, 1.82) is 0 Å². The molecule has 0 saturated carbocycles. The minimum Gasteiger partial charge on any atom is -0.383 e. The molecule has 1 aromatic carbocycles. The van der Waals surface area contributed by atoms with Gasteiger partial charge in [0.1, 0.15) is 17.7 Å². The molecule has 3 heterocycles. The number of carbonyl (C=O) groups excluding carboxylic acids is 2. The van der Waals surface area contributed by atoms with Crippen LogP contribution in [0.15, 0.2) is 47.4 Å². The summed E-state index contributed by atoms with van der Waals surface area (Å²) in [7, 11) is 0. The molecule has 28 heavy (non-hydrogen) atoms. The van der Waals surface area contributed by atoms with E-state index in [1.807, 2.05) is 0 Å². The van der Waals surface area contributed by atoms with Gasteiger partial charge in [0, 0.05) is 19.2 Å². The van der Waals surface area contributed by atoms with E-state index in [0.717, 1.165) is 0 Å². The molecule has 4 rings (SSSR count). The lowest BCUT2D eigenvalue weighted by Crippen LogP contribution is -2.30. The summed E-state index contributed by atoms with van der Waals surface area (Å²) in [6.45, 7) is 1.55. The number of hydrogen-bond acceptors (Lipinski definition) is 5. The van der Waals surface area contributed by atoms with E-state index in [-0.39, 0.29) is 41.1 Å². The number of carbonyl (C=O) groups is 2. The summed E-state index contributed by atoms with van der Waals surface area (Å²) >= 11 is 0. The summed E-state index contributed by atoms with van der Waals surface area (Å²) in [4.78, 5) is 42.5. The highest BCUT2D eigenvalue weighted by Crippen LogP contribution is 2.24. The fraction of sp³-hybridized carbons (Fsp3) is 0.200. The van der Waals surface area contributed by atoms with Crippen LogP contribution in [0, 0.1) is 5.82 Å².